The molecule has 0 atom stereocenters. The Labute approximate surface area is 123 Å². The molecule has 19 heavy (non-hydrogen) atoms. The van der Waals surface area contributed by atoms with Gasteiger partial charge in [-0.2, -0.15) is 4.31 Å². The first kappa shape index (κ1) is 14.6. The molecule has 0 aliphatic rings. The summed E-state index contributed by atoms with van der Waals surface area (Å²) in [6.07, 6.45) is 0. The van der Waals surface area contributed by atoms with Crippen molar-refractivity contribution in [2.45, 2.75) is 10.8 Å². The van der Waals surface area contributed by atoms with Crippen molar-refractivity contribution >= 4 is 37.3 Å². The summed E-state index contributed by atoms with van der Waals surface area (Å²) in [5, 5.41) is 1.70. The van der Waals surface area contributed by atoms with Crippen LogP contribution in [0.4, 0.5) is 4.39 Å². The molecule has 0 aliphatic heterocycles. The van der Waals surface area contributed by atoms with E-state index >= 15 is 0 Å². The van der Waals surface area contributed by atoms with Gasteiger partial charge in [-0.05, 0) is 45.1 Å². The third-order valence-corrected chi connectivity index (χ3v) is 6.97. The van der Waals surface area contributed by atoms with Gasteiger partial charge >= 0.3 is 0 Å². The molecule has 1 heterocycles. The van der Waals surface area contributed by atoms with Crippen LogP contribution >= 0.6 is 27.3 Å². The molecule has 0 aliphatic carbocycles. The fourth-order valence-corrected chi connectivity index (χ4v) is 5.24. The second-order valence-electron chi connectivity index (χ2n) is 3.95. The number of rotatable bonds is 4. The number of hydrogen-bond acceptors (Lipinski definition) is 3. The lowest BCUT2D eigenvalue weighted by molar-refractivity contribution is 0.467. The Kier molecular flexibility index (Phi) is 4.39. The SMILES string of the molecule is CN(Cc1cccc(F)c1)S(=O)(=O)c1sccc1Br. The Morgan fingerprint density at radius 3 is 2.68 bits per heavy atom. The van der Waals surface area contributed by atoms with Crippen molar-refractivity contribution in [3.05, 3.63) is 51.6 Å². The van der Waals surface area contributed by atoms with Gasteiger partial charge in [0.15, 0.2) is 0 Å². The number of thiophene rings is 1. The van der Waals surface area contributed by atoms with Crippen LogP contribution < -0.4 is 0 Å². The van der Waals surface area contributed by atoms with Crippen LogP contribution in [-0.2, 0) is 16.6 Å². The summed E-state index contributed by atoms with van der Waals surface area (Å²) in [5.41, 5.74) is 0.610. The lowest BCUT2D eigenvalue weighted by Gasteiger charge is -2.16. The molecule has 2 rings (SSSR count). The lowest BCUT2D eigenvalue weighted by Crippen LogP contribution is -2.26. The summed E-state index contributed by atoms with van der Waals surface area (Å²) in [6, 6.07) is 7.60. The first-order valence-corrected chi connectivity index (χ1v) is 8.46. The first-order valence-electron chi connectivity index (χ1n) is 5.35. The van der Waals surface area contributed by atoms with Crippen LogP contribution in [0, 0.1) is 5.82 Å². The second kappa shape index (κ2) is 5.70. The lowest BCUT2D eigenvalue weighted by atomic mass is 10.2. The van der Waals surface area contributed by atoms with Crippen molar-refractivity contribution in [3.63, 3.8) is 0 Å². The summed E-state index contributed by atoms with van der Waals surface area (Å²) in [5.74, 6) is -0.374. The van der Waals surface area contributed by atoms with E-state index in [9.17, 15) is 12.8 Å². The maximum atomic E-state index is 13.1. The standard InChI is InChI=1S/C12H11BrFNO2S2/c1-15(8-9-3-2-4-10(14)7-9)19(16,17)12-11(13)5-6-18-12/h2-7H,8H2,1H3. The van der Waals surface area contributed by atoms with E-state index in [0.717, 1.165) is 11.3 Å². The maximum absolute atomic E-state index is 13.1. The number of hydrogen-bond donors (Lipinski definition) is 0. The highest BCUT2D eigenvalue weighted by molar-refractivity contribution is 9.10. The Morgan fingerprint density at radius 2 is 2.11 bits per heavy atom. The van der Waals surface area contributed by atoms with Gasteiger partial charge in [-0.1, -0.05) is 12.1 Å². The van der Waals surface area contributed by atoms with Gasteiger partial charge in [0.05, 0.1) is 0 Å². The average molecular weight is 364 g/mol. The topological polar surface area (TPSA) is 37.4 Å². The average Bonchev–Trinajstić information content (AvgIpc) is 2.76. The Hall–Kier alpha value is -0.760. The van der Waals surface area contributed by atoms with Crippen molar-refractivity contribution in [1.82, 2.24) is 4.31 Å². The second-order valence-corrected chi connectivity index (χ2v) is 7.96. The molecule has 0 amide bonds. The fraction of sp³-hybridized carbons (Fsp3) is 0.167. The van der Waals surface area contributed by atoms with Gasteiger partial charge in [-0.15, -0.1) is 11.3 Å². The zero-order valence-electron chi connectivity index (χ0n) is 10.0. The van der Waals surface area contributed by atoms with Gasteiger partial charge in [0, 0.05) is 18.1 Å². The Morgan fingerprint density at radius 1 is 1.37 bits per heavy atom. The molecule has 0 saturated carbocycles. The van der Waals surface area contributed by atoms with Crippen molar-refractivity contribution < 1.29 is 12.8 Å². The van der Waals surface area contributed by atoms with E-state index in [1.165, 1.54) is 23.5 Å². The number of nitrogens with zero attached hydrogens (tertiary/aromatic N) is 1. The van der Waals surface area contributed by atoms with E-state index in [-0.39, 0.29) is 16.6 Å². The molecular formula is C12H11BrFNO2S2. The van der Waals surface area contributed by atoms with E-state index in [2.05, 4.69) is 15.9 Å². The Balaban J connectivity index is 2.25. The monoisotopic (exact) mass is 363 g/mol. The van der Waals surface area contributed by atoms with Gasteiger partial charge in [-0.25, -0.2) is 12.8 Å². The molecule has 7 heteroatoms. The van der Waals surface area contributed by atoms with Gasteiger partial charge in [0.2, 0.25) is 0 Å². The summed E-state index contributed by atoms with van der Waals surface area (Å²) >= 11 is 4.36. The third-order valence-electron chi connectivity index (χ3n) is 2.52. The third kappa shape index (κ3) is 3.22. The van der Waals surface area contributed by atoms with Crippen molar-refractivity contribution in [2.75, 3.05) is 7.05 Å². The molecule has 1 aromatic carbocycles. The number of benzene rings is 1. The van der Waals surface area contributed by atoms with Gasteiger partial charge in [-0.3, -0.25) is 0 Å². The highest BCUT2D eigenvalue weighted by Gasteiger charge is 2.24. The number of halogens is 2. The molecule has 3 nitrogen and oxygen atoms in total. The molecule has 2 aromatic rings. The normalized spacial score (nSPS) is 12.0. The molecule has 0 N–H and O–H groups in total. The van der Waals surface area contributed by atoms with Crippen LogP contribution in [0.1, 0.15) is 5.56 Å². The van der Waals surface area contributed by atoms with Crippen LogP contribution in [-0.4, -0.2) is 19.8 Å². The summed E-state index contributed by atoms with van der Waals surface area (Å²) in [4.78, 5) is 0. The highest BCUT2D eigenvalue weighted by Crippen LogP contribution is 2.30. The van der Waals surface area contributed by atoms with Gasteiger partial charge < -0.3 is 0 Å². The molecule has 102 valence electrons. The summed E-state index contributed by atoms with van der Waals surface area (Å²) in [7, 11) is -2.08. The van der Waals surface area contributed by atoms with E-state index in [4.69, 9.17) is 0 Å². The molecular weight excluding hydrogens is 353 g/mol. The minimum atomic E-state index is -3.55. The van der Waals surface area contributed by atoms with Crippen LogP contribution in [0.2, 0.25) is 0 Å². The molecule has 0 fully saturated rings. The first-order chi connectivity index (χ1) is 8.91. The van der Waals surface area contributed by atoms with Crippen molar-refractivity contribution in [2.24, 2.45) is 0 Å². The van der Waals surface area contributed by atoms with Crippen LogP contribution in [0.5, 0.6) is 0 Å². The molecule has 0 unspecified atom stereocenters. The quantitative estimate of drug-likeness (QED) is 0.833. The molecule has 0 bridgehead atoms. The van der Waals surface area contributed by atoms with E-state index < -0.39 is 10.0 Å². The molecule has 0 saturated heterocycles. The predicted molar refractivity (Wildman–Crippen MR) is 77.1 cm³/mol. The minimum absolute atomic E-state index is 0.129. The highest BCUT2D eigenvalue weighted by atomic mass is 79.9. The van der Waals surface area contributed by atoms with Gasteiger partial charge in [0.1, 0.15) is 10.0 Å². The van der Waals surface area contributed by atoms with Crippen molar-refractivity contribution in [3.8, 4) is 0 Å². The minimum Gasteiger partial charge on any atom is -0.207 e. The zero-order chi connectivity index (χ0) is 14.0. The summed E-state index contributed by atoms with van der Waals surface area (Å²) < 4.78 is 39.7. The van der Waals surface area contributed by atoms with Crippen molar-refractivity contribution in [1.29, 1.82) is 0 Å². The molecule has 0 spiro atoms. The van der Waals surface area contributed by atoms with E-state index in [1.807, 2.05) is 0 Å². The molecule has 0 radical (unpaired) electrons. The summed E-state index contributed by atoms with van der Waals surface area (Å²) in [6.45, 7) is 0.129. The number of sulfonamides is 1. The largest absolute Gasteiger partial charge is 0.253 e. The fourth-order valence-electron chi connectivity index (χ4n) is 1.58. The van der Waals surface area contributed by atoms with Crippen LogP contribution in [0.15, 0.2) is 44.4 Å². The van der Waals surface area contributed by atoms with E-state index in [1.54, 1.807) is 23.6 Å². The van der Waals surface area contributed by atoms with Crippen LogP contribution in [0.3, 0.4) is 0 Å². The molecule has 1 aromatic heterocycles. The Bertz CT molecular complexity index is 685. The maximum Gasteiger partial charge on any atom is 0.253 e. The zero-order valence-corrected chi connectivity index (χ0v) is 13.2. The van der Waals surface area contributed by atoms with E-state index in [0.29, 0.717) is 10.0 Å². The smallest absolute Gasteiger partial charge is 0.207 e. The van der Waals surface area contributed by atoms with Gasteiger partial charge in [0.25, 0.3) is 10.0 Å². The van der Waals surface area contributed by atoms with Crippen LogP contribution in [0.25, 0.3) is 0 Å². The predicted octanol–water partition coefficient (Wildman–Crippen LogP) is 3.47.